The molecule has 33 heavy (non-hydrogen) atoms. The molecule has 0 bridgehead atoms. The van der Waals surface area contributed by atoms with E-state index in [-0.39, 0.29) is 17.0 Å². The Bertz CT molecular complexity index is 1400. The molecular weight excluding hydrogens is 414 g/mol. The zero-order valence-electron chi connectivity index (χ0n) is 18.5. The van der Waals surface area contributed by atoms with Crippen LogP contribution in [0, 0.1) is 11.3 Å². The Morgan fingerprint density at radius 1 is 1.24 bits per heavy atom. The molecule has 2 aromatic carbocycles. The number of amides is 1. The summed E-state index contributed by atoms with van der Waals surface area (Å²) in [6.45, 7) is 3.12. The molecule has 0 spiro atoms. The van der Waals surface area contributed by atoms with Crippen molar-refractivity contribution in [1.29, 1.82) is 5.26 Å². The maximum atomic E-state index is 13.5. The third-order valence-electron chi connectivity index (χ3n) is 7.59. The van der Waals surface area contributed by atoms with Crippen LogP contribution in [0.15, 0.2) is 52.9 Å². The molecule has 166 valence electrons. The summed E-state index contributed by atoms with van der Waals surface area (Å²) in [6.07, 6.45) is 3.92. The first-order chi connectivity index (χ1) is 16.1. The Morgan fingerprint density at radius 3 is 2.88 bits per heavy atom. The number of furan rings is 1. The van der Waals surface area contributed by atoms with Crippen LogP contribution < -0.4 is 5.32 Å². The zero-order valence-corrected chi connectivity index (χ0v) is 18.5. The molecule has 0 unspecified atom stereocenters. The highest BCUT2D eigenvalue weighted by Gasteiger charge is 2.73. The number of carbonyl (C=O) groups excluding carboxylic acids is 1. The first kappa shape index (κ1) is 20.0. The largest absolute Gasteiger partial charge is 0.458 e. The molecule has 2 saturated carbocycles. The van der Waals surface area contributed by atoms with Gasteiger partial charge in [0.2, 0.25) is 0 Å². The summed E-state index contributed by atoms with van der Waals surface area (Å²) in [5, 5.41) is 14.3. The number of para-hydroxylation sites is 3. The van der Waals surface area contributed by atoms with Crippen LogP contribution in [0.25, 0.3) is 22.0 Å². The minimum absolute atomic E-state index is 0.0549. The molecule has 2 atom stereocenters. The standard InChI is InChI=1S/C26H25N5O2/c1-2-31(24(32)23-29-19-9-4-5-10-20(19)30-23)26-13-7-12-25(26,16-26)28-15-22-18(14-27)17-8-3-6-11-21(17)33-22/h3-6,8-11,28H,2,7,12-13,15-16H2,1H3,(H,29,30)/t25-,26+/m0/s1. The summed E-state index contributed by atoms with van der Waals surface area (Å²) < 4.78 is 6.00. The number of aromatic amines is 1. The lowest BCUT2D eigenvalue weighted by atomic mass is 10.1. The Morgan fingerprint density at radius 2 is 2.06 bits per heavy atom. The number of fused-ring (bicyclic) bond motifs is 3. The van der Waals surface area contributed by atoms with Crippen molar-refractivity contribution >= 4 is 27.9 Å². The van der Waals surface area contributed by atoms with Crippen LogP contribution >= 0.6 is 0 Å². The number of imidazole rings is 1. The van der Waals surface area contributed by atoms with Crippen LogP contribution in [0.2, 0.25) is 0 Å². The van der Waals surface area contributed by atoms with Crippen molar-refractivity contribution in [1.82, 2.24) is 20.2 Å². The van der Waals surface area contributed by atoms with Gasteiger partial charge in [-0.1, -0.05) is 24.3 Å². The van der Waals surface area contributed by atoms with Crippen molar-refractivity contribution in [2.45, 2.75) is 50.2 Å². The molecule has 0 radical (unpaired) electrons. The lowest BCUT2D eigenvalue weighted by molar-refractivity contribution is 0.0624. The number of benzene rings is 2. The minimum atomic E-state index is -0.226. The number of H-pyrrole nitrogens is 1. The first-order valence-electron chi connectivity index (χ1n) is 11.5. The van der Waals surface area contributed by atoms with Gasteiger partial charge in [0.05, 0.1) is 23.1 Å². The molecule has 2 aliphatic rings. The molecular formula is C26H25N5O2. The van der Waals surface area contributed by atoms with E-state index in [1.54, 1.807) is 0 Å². The summed E-state index contributed by atoms with van der Waals surface area (Å²) in [5.41, 5.74) is 2.61. The minimum Gasteiger partial charge on any atom is -0.458 e. The van der Waals surface area contributed by atoms with Gasteiger partial charge in [0.25, 0.3) is 5.91 Å². The van der Waals surface area contributed by atoms with E-state index in [2.05, 4.69) is 21.4 Å². The molecule has 2 N–H and O–H groups in total. The second-order valence-electron chi connectivity index (χ2n) is 9.16. The van der Waals surface area contributed by atoms with E-state index in [1.165, 1.54) is 0 Å². The SMILES string of the molecule is CCN(C(=O)c1nc2ccccc2[nH]1)[C@@]12CCC[C@]1(NCc1oc3ccccc3c1C#N)C2. The second kappa shape index (κ2) is 7.19. The average Bonchev–Trinajstić information content (AvgIpc) is 3.20. The molecule has 0 aliphatic heterocycles. The van der Waals surface area contributed by atoms with E-state index in [0.717, 1.165) is 47.7 Å². The number of likely N-dealkylation sites (N-methyl/N-ethyl adjacent to an activating group) is 1. The molecule has 1 amide bonds. The number of hydrogen-bond donors (Lipinski definition) is 2. The Kier molecular flexibility index (Phi) is 4.36. The van der Waals surface area contributed by atoms with Crippen LogP contribution in [0.1, 0.15) is 54.5 Å². The fraction of sp³-hybridized carbons (Fsp3) is 0.346. The fourth-order valence-electron chi connectivity index (χ4n) is 6.01. The Labute approximate surface area is 191 Å². The van der Waals surface area contributed by atoms with Crippen molar-refractivity contribution in [3.05, 3.63) is 65.7 Å². The molecule has 7 heteroatoms. The van der Waals surface area contributed by atoms with Crippen LogP contribution in [-0.4, -0.2) is 38.4 Å². The van der Waals surface area contributed by atoms with Gasteiger partial charge in [-0.3, -0.25) is 4.79 Å². The lowest BCUT2D eigenvalue weighted by Gasteiger charge is -2.32. The molecule has 2 aliphatic carbocycles. The van der Waals surface area contributed by atoms with Crippen molar-refractivity contribution in [3.63, 3.8) is 0 Å². The Balaban J connectivity index is 1.27. The molecule has 4 aromatic rings. The molecule has 2 fully saturated rings. The van der Waals surface area contributed by atoms with Crippen LogP contribution in [0.5, 0.6) is 0 Å². The van der Waals surface area contributed by atoms with Crippen molar-refractivity contribution < 1.29 is 9.21 Å². The maximum Gasteiger partial charge on any atom is 0.290 e. The highest BCUT2D eigenvalue weighted by molar-refractivity contribution is 5.95. The number of nitrogens with zero attached hydrogens (tertiary/aromatic N) is 3. The summed E-state index contributed by atoms with van der Waals surface area (Å²) in [5.74, 6) is 0.998. The quantitative estimate of drug-likeness (QED) is 0.461. The van der Waals surface area contributed by atoms with Gasteiger partial charge in [-0.05, 0) is 56.9 Å². The fourth-order valence-corrected chi connectivity index (χ4v) is 6.01. The van der Waals surface area contributed by atoms with Gasteiger partial charge in [-0.2, -0.15) is 5.26 Å². The van der Waals surface area contributed by atoms with E-state index in [0.29, 0.717) is 30.2 Å². The smallest absolute Gasteiger partial charge is 0.290 e. The molecule has 2 heterocycles. The topological polar surface area (TPSA) is 97.9 Å². The molecule has 0 saturated heterocycles. The van der Waals surface area contributed by atoms with Crippen LogP contribution in [-0.2, 0) is 6.54 Å². The van der Waals surface area contributed by atoms with Crippen molar-refractivity contribution in [2.24, 2.45) is 0 Å². The third kappa shape index (κ3) is 2.84. The first-order valence-corrected chi connectivity index (χ1v) is 11.5. The van der Waals surface area contributed by atoms with Crippen LogP contribution in [0.3, 0.4) is 0 Å². The number of nitrogens with one attached hydrogen (secondary N) is 2. The maximum absolute atomic E-state index is 13.5. The van der Waals surface area contributed by atoms with Crippen LogP contribution in [0.4, 0.5) is 0 Å². The number of nitriles is 1. The van der Waals surface area contributed by atoms with Crippen molar-refractivity contribution in [2.75, 3.05) is 6.54 Å². The van der Waals surface area contributed by atoms with E-state index < -0.39 is 0 Å². The van der Waals surface area contributed by atoms with Gasteiger partial charge in [0.1, 0.15) is 23.0 Å². The summed E-state index contributed by atoms with van der Waals surface area (Å²) in [7, 11) is 0. The normalized spacial score (nSPS) is 23.5. The average molecular weight is 440 g/mol. The zero-order chi connectivity index (χ0) is 22.6. The van der Waals surface area contributed by atoms with Gasteiger partial charge in [-0.15, -0.1) is 0 Å². The molecule has 7 nitrogen and oxygen atoms in total. The lowest BCUT2D eigenvalue weighted by Crippen LogP contribution is -2.49. The summed E-state index contributed by atoms with van der Waals surface area (Å²) in [4.78, 5) is 23.3. The van der Waals surface area contributed by atoms with E-state index in [4.69, 9.17) is 4.42 Å². The highest BCUT2D eigenvalue weighted by Crippen LogP contribution is 2.63. The van der Waals surface area contributed by atoms with Gasteiger partial charge >= 0.3 is 0 Å². The van der Waals surface area contributed by atoms with Gasteiger partial charge < -0.3 is 19.6 Å². The summed E-state index contributed by atoms with van der Waals surface area (Å²) >= 11 is 0. The molecule has 2 aromatic heterocycles. The number of hydrogen-bond acceptors (Lipinski definition) is 5. The van der Waals surface area contributed by atoms with E-state index >= 15 is 0 Å². The number of carbonyl (C=O) groups is 1. The van der Waals surface area contributed by atoms with Gasteiger partial charge in [0, 0.05) is 17.5 Å². The Hall–Kier alpha value is -3.63. The van der Waals surface area contributed by atoms with E-state index in [9.17, 15) is 10.1 Å². The second-order valence-corrected chi connectivity index (χ2v) is 9.16. The van der Waals surface area contributed by atoms with Crippen molar-refractivity contribution in [3.8, 4) is 6.07 Å². The van der Waals surface area contributed by atoms with Gasteiger partial charge in [0.15, 0.2) is 5.82 Å². The molecule has 6 rings (SSSR count). The van der Waals surface area contributed by atoms with E-state index in [1.807, 2.05) is 60.4 Å². The third-order valence-corrected chi connectivity index (χ3v) is 7.59. The van der Waals surface area contributed by atoms with Gasteiger partial charge in [-0.25, -0.2) is 4.98 Å². The predicted octanol–water partition coefficient (Wildman–Crippen LogP) is 4.50. The number of aromatic nitrogens is 2. The number of rotatable bonds is 6. The monoisotopic (exact) mass is 439 g/mol. The predicted molar refractivity (Wildman–Crippen MR) is 125 cm³/mol. The summed E-state index contributed by atoms with van der Waals surface area (Å²) in [6, 6.07) is 17.6. The highest BCUT2D eigenvalue weighted by atomic mass is 16.3.